The van der Waals surface area contributed by atoms with Crippen molar-refractivity contribution < 1.29 is 4.79 Å². The highest BCUT2D eigenvalue weighted by atomic mass is 32.2. The Bertz CT molecular complexity index is 852. The second kappa shape index (κ2) is 7.88. The molecule has 1 heterocycles. The summed E-state index contributed by atoms with van der Waals surface area (Å²) in [4.78, 5) is 15.5. The molecule has 0 aliphatic carbocycles. The van der Waals surface area contributed by atoms with E-state index in [1.807, 2.05) is 42.7 Å². The number of hydrogen-bond donors (Lipinski definition) is 2. The number of thioether (sulfide) groups is 1. The van der Waals surface area contributed by atoms with Gasteiger partial charge in [0, 0.05) is 35.3 Å². The molecule has 0 unspecified atom stereocenters. The first kappa shape index (κ1) is 16.4. The predicted octanol–water partition coefficient (Wildman–Crippen LogP) is 4.39. The van der Waals surface area contributed by atoms with Crippen molar-refractivity contribution in [3.05, 3.63) is 83.0 Å². The van der Waals surface area contributed by atoms with Crippen LogP contribution in [-0.4, -0.2) is 23.6 Å². The van der Waals surface area contributed by atoms with Crippen molar-refractivity contribution in [2.75, 3.05) is 12.8 Å². The van der Waals surface area contributed by atoms with Gasteiger partial charge < -0.3 is 10.3 Å². The van der Waals surface area contributed by atoms with Gasteiger partial charge in [0.2, 0.25) is 0 Å². The number of benzene rings is 2. The molecule has 3 nitrogen and oxygen atoms in total. The zero-order valence-electron chi connectivity index (χ0n) is 13.6. The van der Waals surface area contributed by atoms with Gasteiger partial charge in [-0.25, -0.2) is 0 Å². The Balaban J connectivity index is 1.62. The molecule has 0 fully saturated rings. The minimum absolute atomic E-state index is 0.0274. The Kier molecular flexibility index (Phi) is 5.39. The summed E-state index contributed by atoms with van der Waals surface area (Å²) in [5.41, 5.74) is 3.16. The Labute approximate surface area is 146 Å². The third kappa shape index (κ3) is 3.89. The number of para-hydroxylation sites is 1. The van der Waals surface area contributed by atoms with E-state index in [2.05, 4.69) is 34.7 Å². The van der Waals surface area contributed by atoms with E-state index in [-0.39, 0.29) is 5.78 Å². The highest BCUT2D eigenvalue weighted by Crippen LogP contribution is 2.18. The number of hydrogen-bond acceptors (Lipinski definition) is 3. The summed E-state index contributed by atoms with van der Waals surface area (Å²) < 4.78 is 0. The average molecular weight is 336 g/mol. The normalized spacial score (nSPS) is 11.6. The summed E-state index contributed by atoms with van der Waals surface area (Å²) in [6.07, 6.45) is 6.61. The summed E-state index contributed by atoms with van der Waals surface area (Å²) >= 11 is 1.56. The fourth-order valence-electron chi connectivity index (χ4n) is 2.65. The molecule has 0 amide bonds. The molecule has 0 aliphatic rings. The summed E-state index contributed by atoms with van der Waals surface area (Å²) in [5.74, 6) is 0.0274. The highest BCUT2D eigenvalue weighted by Gasteiger charge is 2.05. The number of carbonyl (C=O) groups is 1. The summed E-state index contributed by atoms with van der Waals surface area (Å²) in [7, 11) is 0. The molecule has 1 aromatic heterocycles. The minimum atomic E-state index is 0.0274. The molecular weight excluding hydrogens is 316 g/mol. The molecule has 0 atom stereocenters. The van der Waals surface area contributed by atoms with Crippen LogP contribution in [0.25, 0.3) is 10.9 Å². The van der Waals surface area contributed by atoms with E-state index in [1.165, 1.54) is 10.9 Å². The van der Waals surface area contributed by atoms with Crippen molar-refractivity contribution in [2.24, 2.45) is 0 Å². The highest BCUT2D eigenvalue weighted by molar-refractivity contribution is 8.02. The maximum absolute atomic E-state index is 12.2. The van der Waals surface area contributed by atoms with Crippen molar-refractivity contribution in [1.29, 1.82) is 0 Å². The van der Waals surface area contributed by atoms with E-state index in [0.717, 1.165) is 23.5 Å². The molecule has 0 aliphatic heterocycles. The van der Waals surface area contributed by atoms with Crippen LogP contribution in [0, 0.1) is 0 Å². The van der Waals surface area contributed by atoms with Crippen molar-refractivity contribution in [1.82, 2.24) is 10.3 Å². The van der Waals surface area contributed by atoms with Gasteiger partial charge in [-0.1, -0.05) is 48.5 Å². The topological polar surface area (TPSA) is 44.9 Å². The molecule has 2 aromatic carbocycles. The molecule has 0 radical (unpaired) electrons. The van der Waals surface area contributed by atoms with Gasteiger partial charge in [0.05, 0.1) is 5.03 Å². The van der Waals surface area contributed by atoms with Crippen molar-refractivity contribution >= 4 is 28.4 Å². The lowest BCUT2D eigenvalue weighted by Gasteiger charge is -2.08. The van der Waals surface area contributed by atoms with E-state index in [1.54, 1.807) is 17.8 Å². The first-order valence-electron chi connectivity index (χ1n) is 7.92. The van der Waals surface area contributed by atoms with E-state index in [4.69, 9.17) is 0 Å². The van der Waals surface area contributed by atoms with Crippen molar-refractivity contribution in [3.8, 4) is 0 Å². The zero-order valence-corrected chi connectivity index (χ0v) is 14.4. The molecule has 0 saturated carbocycles. The van der Waals surface area contributed by atoms with Crippen LogP contribution in [-0.2, 0) is 6.42 Å². The van der Waals surface area contributed by atoms with Crippen LogP contribution in [0.4, 0.5) is 0 Å². The number of ketones is 1. The van der Waals surface area contributed by atoms with E-state index < -0.39 is 0 Å². The SMILES string of the molecule is CS/C(=C/C(=O)c1ccccc1)NCCc1c[nH]c2ccccc12. The summed E-state index contributed by atoms with van der Waals surface area (Å²) in [6, 6.07) is 17.6. The average Bonchev–Trinajstić information content (AvgIpc) is 3.05. The van der Waals surface area contributed by atoms with Gasteiger partial charge >= 0.3 is 0 Å². The van der Waals surface area contributed by atoms with Gasteiger partial charge in [-0.05, 0) is 24.3 Å². The third-order valence-electron chi connectivity index (χ3n) is 3.91. The maximum atomic E-state index is 12.2. The Morgan fingerprint density at radius 3 is 2.67 bits per heavy atom. The van der Waals surface area contributed by atoms with Crippen LogP contribution in [0.5, 0.6) is 0 Å². The van der Waals surface area contributed by atoms with E-state index in [9.17, 15) is 4.79 Å². The smallest absolute Gasteiger partial charge is 0.188 e. The molecule has 4 heteroatoms. The summed E-state index contributed by atoms with van der Waals surface area (Å²) in [5, 5.41) is 5.51. The van der Waals surface area contributed by atoms with Gasteiger partial charge in [-0.2, -0.15) is 0 Å². The summed E-state index contributed by atoms with van der Waals surface area (Å²) in [6.45, 7) is 0.788. The molecule has 3 rings (SSSR count). The number of rotatable bonds is 7. The standard InChI is InChI=1S/C20H20N2OS/c1-24-20(13-19(23)15-7-3-2-4-8-15)21-12-11-16-14-22-18-10-6-5-9-17(16)18/h2-10,13-14,21-22H,11-12H2,1H3/b20-13+. The van der Waals surface area contributed by atoms with Crippen LogP contribution >= 0.6 is 11.8 Å². The molecule has 2 N–H and O–H groups in total. The van der Waals surface area contributed by atoms with E-state index in [0.29, 0.717) is 5.56 Å². The number of allylic oxidation sites excluding steroid dienone is 1. The van der Waals surface area contributed by atoms with Gasteiger partial charge in [0.25, 0.3) is 0 Å². The lowest BCUT2D eigenvalue weighted by Crippen LogP contribution is -2.16. The molecule has 24 heavy (non-hydrogen) atoms. The molecule has 122 valence electrons. The number of nitrogens with one attached hydrogen (secondary N) is 2. The molecule has 0 spiro atoms. The van der Waals surface area contributed by atoms with Crippen molar-refractivity contribution in [3.63, 3.8) is 0 Å². The first-order chi connectivity index (χ1) is 11.8. The second-order valence-corrected chi connectivity index (χ2v) is 6.33. The Morgan fingerprint density at radius 2 is 1.88 bits per heavy atom. The van der Waals surface area contributed by atoms with Crippen LogP contribution in [0.3, 0.4) is 0 Å². The maximum Gasteiger partial charge on any atom is 0.188 e. The third-order valence-corrected chi connectivity index (χ3v) is 4.61. The van der Waals surface area contributed by atoms with Crippen LogP contribution in [0.1, 0.15) is 15.9 Å². The number of H-pyrrole nitrogens is 1. The van der Waals surface area contributed by atoms with Crippen molar-refractivity contribution in [2.45, 2.75) is 6.42 Å². The fourth-order valence-corrected chi connectivity index (χ4v) is 3.12. The lowest BCUT2D eigenvalue weighted by atomic mass is 10.1. The molecule has 0 saturated heterocycles. The van der Waals surface area contributed by atoms with E-state index >= 15 is 0 Å². The van der Waals surface area contributed by atoms with Crippen LogP contribution in [0.15, 0.2) is 71.9 Å². The van der Waals surface area contributed by atoms with Gasteiger partial charge in [0.15, 0.2) is 5.78 Å². The molecule has 3 aromatic rings. The van der Waals surface area contributed by atoms with Crippen LogP contribution in [0.2, 0.25) is 0 Å². The quantitative estimate of drug-likeness (QED) is 0.497. The first-order valence-corrected chi connectivity index (χ1v) is 9.14. The molecule has 0 bridgehead atoms. The zero-order chi connectivity index (χ0) is 16.8. The van der Waals surface area contributed by atoms with Crippen LogP contribution < -0.4 is 5.32 Å². The van der Waals surface area contributed by atoms with Gasteiger partial charge in [-0.3, -0.25) is 4.79 Å². The number of carbonyl (C=O) groups excluding carboxylic acids is 1. The Hall–Kier alpha value is -2.46. The number of fused-ring (bicyclic) bond motifs is 1. The van der Waals surface area contributed by atoms with Gasteiger partial charge in [0.1, 0.15) is 0 Å². The predicted molar refractivity (Wildman–Crippen MR) is 102 cm³/mol. The van der Waals surface area contributed by atoms with Gasteiger partial charge in [-0.15, -0.1) is 11.8 Å². The monoisotopic (exact) mass is 336 g/mol. The second-order valence-electron chi connectivity index (χ2n) is 5.48. The molecular formula is C20H20N2OS. The number of aromatic amines is 1. The number of aromatic nitrogens is 1. The fraction of sp³-hybridized carbons (Fsp3) is 0.150. The lowest BCUT2D eigenvalue weighted by molar-refractivity contribution is 0.104. The largest absolute Gasteiger partial charge is 0.379 e. The minimum Gasteiger partial charge on any atom is -0.379 e. The Morgan fingerprint density at radius 1 is 1.12 bits per heavy atom.